The monoisotopic (exact) mass is 374 g/mol. The minimum absolute atomic E-state index is 0.647. The first-order valence-corrected chi connectivity index (χ1v) is 10.2. The molecular weight excluding hydrogens is 355 g/mol. The molecule has 0 amide bonds. The van der Waals surface area contributed by atoms with Crippen LogP contribution in [0, 0.1) is 0 Å². The highest BCUT2D eigenvalue weighted by molar-refractivity contribution is 7.99. The molecule has 1 aromatic carbocycles. The Morgan fingerprint density at radius 2 is 1.93 bits per heavy atom. The first-order chi connectivity index (χ1) is 13.2. The van der Waals surface area contributed by atoms with Gasteiger partial charge in [-0.2, -0.15) is 21.4 Å². The van der Waals surface area contributed by atoms with Gasteiger partial charge in [-0.3, -0.25) is 4.98 Å². The van der Waals surface area contributed by atoms with Gasteiger partial charge in [-0.1, -0.05) is 18.2 Å². The van der Waals surface area contributed by atoms with Gasteiger partial charge in [-0.15, -0.1) is 0 Å². The average Bonchev–Trinajstić information content (AvgIpc) is 3.15. The molecule has 6 nitrogen and oxygen atoms in total. The van der Waals surface area contributed by atoms with E-state index in [1.165, 1.54) is 0 Å². The molecule has 1 saturated heterocycles. The molecule has 3 aromatic heterocycles. The lowest BCUT2D eigenvalue weighted by Crippen LogP contribution is -2.37. The van der Waals surface area contributed by atoms with Gasteiger partial charge >= 0.3 is 0 Å². The fraction of sp³-hybridized carbons (Fsp3) is 0.211. The lowest BCUT2D eigenvalue weighted by molar-refractivity contribution is 0.838. The number of pyridine rings is 1. The average molecular weight is 374 g/mol. The van der Waals surface area contributed by atoms with Crippen molar-refractivity contribution in [1.29, 1.82) is 0 Å². The van der Waals surface area contributed by atoms with Crippen LogP contribution in [0.1, 0.15) is 0 Å². The summed E-state index contributed by atoms with van der Waals surface area (Å²) in [6.45, 7) is 1.99. The number of hydrogen-bond donors (Lipinski definition) is 1. The fourth-order valence-corrected chi connectivity index (χ4v) is 4.49. The first kappa shape index (κ1) is 16.4. The summed E-state index contributed by atoms with van der Waals surface area (Å²) in [5.74, 6) is 3.85. The lowest BCUT2D eigenvalue weighted by atomic mass is 9.96. The van der Waals surface area contributed by atoms with E-state index in [0.717, 1.165) is 63.6 Å². The number of thioether (sulfide) groups is 1. The number of nitrogens with zero attached hydrogens (tertiary/aromatic N) is 5. The number of rotatable bonds is 2. The molecule has 8 heteroatoms. The van der Waals surface area contributed by atoms with Crippen molar-refractivity contribution < 1.29 is 0 Å². The molecule has 134 valence electrons. The molecule has 1 aliphatic heterocycles. The van der Waals surface area contributed by atoms with Crippen LogP contribution in [-0.4, -0.2) is 52.0 Å². The lowest BCUT2D eigenvalue weighted by Gasteiger charge is -2.29. The molecule has 0 atom stereocenters. The van der Waals surface area contributed by atoms with Crippen LogP contribution >= 0.6 is 11.8 Å². The summed E-state index contributed by atoms with van der Waals surface area (Å²) in [7, 11) is 2.03. The van der Waals surface area contributed by atoms with Gasteiger partial charge in [-0.25, -0.2) is 4.98 Å². The number of nitrogen functional groups attached to an aromatic ring is 1. The quantitative estimate of drug-likeness (QED) is 0.534. The zero-order valence-corrected chi connectivity index (χ0v) is 15.9. The molecule has 0 spiro atoms. The van der Waals surface area contributed by atoms with E-state index in [9.17, 15) is 0 Å². The van der Waals surface area contributed by atoms with Gasteiger partial charge in [0.05, 0.1) is 11.7 Å². The summed E-state index contributed by atoms with van der Waals surface area (Å²) in [4.78, 5) is 11.9. The highest BCUT2D eigenvalue weighted by Crippen LogP contribution is 2.28. The molecule has 4 heterocycles. The molecule has 2 N–H and O–H groups in total. The van der Waals surface area contributed by atoms with E-state index in [2.05, 4.69) is 27.1 Å². The molecule has 0 unspecified atom stereocenters. The molecule has 1 aliphatic rings. The first-order valence-electron chi connectivity index (χ1n) is 9.04. The number of para-hydroxylation sites is 1. The van der Waals surface area contributed by atoms with Gasteiger partial charge < -0.3 is 10.6 Å². The van der Waals surface area contributed by atoms with E-state index >= 15 is 0 Å². The van der Waals surface area contributed by atoms with Crippen LogP contribution in [0.2, 0.25) is 0 Å². The molecule has 1 fully saturated rings. The molecule has 0 saturated carbocycles. The van der Waals surface area contributed by atoms with Crippen LogP contribution in [0.25, 0.3) is 27.7 Å². The highest BCUT2D eigenvalue weighted by Gasteiger charge is 2.20. The normalized spacial score (nSPS) is 14.9. The second kappa shape index (κ2) is 6.46. The van der Waals surface area contributed by atoms with Gasteiger partial charge in [0.1, 0.15) is 19.5 Å². The minimum Gasteiger partial charge on any atom is -0.384 e. The van der Waals surface area contributed by atoms with Crippen molar-refractivity contribution in [3.8, 4) is 11.1 Å². The number of fused-ring (bicyclic) bond motifs is 2. The second-order valence-electron chi connectivity index (χ2n) is 6.76. The van der Waals surface area contributed by atoms with Gasteiger partial charge in [0.25, 0.3) is 0 Å². The largest absolute Gasteiger partial charge is 0.384 e. The van der Waals surface area contributed by atoms with Crippen molar-refractivity contribution in [3.63, 3.8) is 0 Å². The Kier molecular flexibility index (Phi) is 3.93. The Morgan fingerprint density at radius 1 is 1.11 bits per heavy atom. The molecule has 4 aromatic rings. The predicted molar refractivity (Wildman–Crippen MR) is 116 cm³/mol. The van der Waals surface area contributed by atoms with Gasteiger partial charge in [0, 0.05) is 47.3 Å². The zero-order valence-electron chi connectivity index (χ0n) is 15.1. The van der Waals surface area contributed by atoms with Gasteiger partial charge in [0.2, 0.25) is 0 Å². The number of anilines is 2. The van der Waals surface area contributed by atoms with Crippen molar-refractivity contribution in [3.05, 3.63) is 42.7 Å². The van der Waals surface area contributed by atoms with Crippen LogP contribution in [-0.2, 0) is 0 Å². The maximum absolute atomic E-state index is 6.42. The summed E-state index contributed by atoms with van der Waals surface area (Å²) in [6, 6.07) is 10.2. The number of nitrogens with two attached hydrogens (primary N) is 1. The maximum Gasteiger partial charge on any atom is 0.167 e. The van der Waals surface area contributed by atoms with Crippen molar-refractivity contribution in [2.24, 2.45) is 0 Å². The summed E-state index contributed by atoms with van der Waals surface area (Å²) in [6.07, 6.45) is 3.72. The third kappa shape index (κ3) is 2.71. The van der Waals surface area contributed by atoms with E-state index in [4.69, 9.17) is 10.7 Å². The maximum atomic E-state index is 6.42. The smallest absolute Gasteiger partial charge is 0.167 e. The highest BCUT2D eigenvalue weighted by atomic mass is 32.2. The number of benzene rings is 1. The Labute approximate surface area is 162 Å². The van der Waals surface area contributed by atoms with Crippen LogP contribution < -0.4 is 16.1 Å². The number of hydrogen-bond acceptors (Lipinski definition) is 6. The van der Waals surface area contributed by atoms with Crippen LogP contribution in [0.5, 0.6) is 0 Å². The zero-order chi connectivity index (χ0) is 18.4. The molecule has 0 bridgehead atoms. The van der Waals surface area contributed by atoms with Gasteiger partial charge in [-0.05, 0) is 17.6 Å². The van der Waals surface area contributed by atoms with Crippen LogP contribution in [0.15, 0.2) is 42.7 Å². The third-order valence-electron chi connectivity index (χ3n) is 5.12. The SMILES string of the molecule is Bc1c(N2CCSCC2)nc2c(-c3cnc4ccccc4c3)cnn2c1N. The summed E-state index contributed by atoms with van der Waals surface area (Å²) in [5, 5.41) is 5.60. The second-order valence-corrected chi connectivity index (χ2v) is 7.98. The minimum atomic E-state index is 0.647. The Bertz CT molecular complexity index is 1150. The van der Waals surface area contributed by atoms with Gasteiger partial charge in [0.15, 0.2) is 5.65 Å². The summed E-state index contributed by atoms with van der Waals surface area (Å²) < 4.78 is 1.74. The van der Waals surface area contributed by atoms with Crippen LogP contribution in [0.4, 0.5) is 11.6 Å². The standard InChI is InChI=1S/C19H19BN6S/c20-16-17(21)26-18(24-19(16)25-5-7-27-8-6-25)14(11-23-26)13-9-12-3-1-2-4-15(12)22-10-13/h1-4,9-11H,5-8,20-21H2. The van der Waals surface area contributed by atoms with Crippen molar-refractivity contribution in [1.82, 2.24) is 19.6 Å². The van der Waals surface area contributed by atoms with E-state index in [0.29, 0.717) is 5.82 Å². The van der Waals surface area contributed by atoms with Crippen molar-refractivity contribution >= 4 is 53.3 Å². The Morgan fingerprint density at radius 3 is 2.78 bits per heavy atom. The number of aromatic nitrogens is 4. The van der Waals surface area contributed by atoms with E-state index in [1.54, 1.807) is 4.52 Å². The van der Waals surface area contributed by atoms with E-state index < -0.39 is 0 Å². The third-order valence-corrected chi connectivity index (χ3v) is 6.06. The van der Waals surface area contributed by atoms with Crippen LogP contribution in [0.3, 0.4) is 0 Å². The molecule has 27 heavy (non-hydrogen) atoms. The Balaban J connectivity index is 1.69. The topological polar surface area (TPSA) is 72.3 Å². The van der Waals surface area contributed by atoms with E-state index in [-0.39, 0.29) is 0 Å². The van der Waals surface area contributed by atoms with Crippen molar-refractivity contribution in [2.75, 3.05) is 35.2 Å². The fourth-order valence-electron chi connectivity index (χ4n) is 3.59. The molecular formula is C19H19BN6S. The molecule has 5 rings (SSSR count). The predicted octanol–water partition coefficient (Wildman–Crippen LogP) is 1.34. The molecule has 0 radical (unpaired) electrons. The molecule has 0 aliphatic carbocycles. The van der Waals surface area contributed by atoms with Crippen molar-refractivity contribution in [2.45, 2.75) is 0 Å². The van der Waals surface area contributed by atoms with E-state index in [1.807, 2.05) is 50.2 Å². The summed E-state index contributed by atoms with van der Waals surface area (Å²) >= 11 is 1.98. The summed E-state index contributed by atoms with van der Waals surface area (Å²) in [5.41, 5.74) is 11.1. The Hall–Kier alpha value is -2.74.